The van der Waals surface area contributed by atoms with Gasteiger partial charge in [-0.1, -0.05) is 20.8 Å². The van der Waals surface area contributed by atoms with Crippen LogP contribution in [0.2, 0.25) is 0 Å². The molecule has 5 nitrogen and oxygen atoms in total. The molecule has 0 unspecified atom stereocenters. The third kappa shape index (κ3) is 4.28. The average Bonchev–Trinajstić information content (AvgIpc) is 2.26. The molecule has 20 heavy (non-hydrogen) atoms. The first kappa shape index (κ1) is 16.6. The Morgan fingerprint density at radius 3 is 2.35 bits per heavy atom. The van der Waals surface area contributed by atoms with Gasteiger partial charge in [0.15, 0.2) is 0 Å². The Balaban J connectivity index is 3.15. The minimum Gasteiger partial charge on any atom is -0.352 e. The van der Waals surface area contributed by atoms with E-state index in [1.165, 1.54) is 13.0 Å². The second-order valence-corrected chi connectivity index (χ2v) is 7.42. The van der Waals surface area contributed by atoms with E-state index in [1.807, 2.05) is 20.8 Å². The summed E-state index contributed by atoms with van der Waals surface area (Å²) in [5.74, 6) is -1.40. The van der Waals surface area contributed by atoms with Gasteiger partial charge in [0.2, 0.25) is 10.0 Å². The molecule has 0 atom stereocenters. The van der Waals surface area contributed by atoms with Crippen LogP contribution in [0.25, 0.3) is 0 Å². The molecule has 0 bridgehead atoms. The maximum Gasteiger partial charge on any atom is 0.251 e. The monoisotopic (exact) mass is 302 g/mol. The van der Waals surface area contributed by atoms with Crippen LogP contribution >= 0.6 is 0 Å². The van der Waals surface area contributed by atoms with E-state index in [0.29, 0.717) is 6.54 Å². The lowest BCUT2D eigenvalue weighted by atomic mass is 9.97. The number of rotatable bonds is 3. The van der Waals surface area contributed by atoms with Crippen molar-refractivity contribution in [3.05, 3.63) is 29.1 Å². The fraction of sp³-hybridized carbons (Fsp3) is 0.462. The molecule has 1 aromatic carbocycles. The molecule has 0 saturated carbocycles. The summed E-state index contributed by atoms with van der Waals surface area (Å²) in [5, 5.41) is 7.61. The highest BCUT2D eigenvalue weighted by atomic mass is 32.2. The third-order valence-corrected chi connectivity index (χ3v) is 3.48. The summed E-state index contributed by atoms with van der Waals surface area (Å²) in [6.07, 6.45) is 0. The van der Waals surface area contributed by atoms with Crippen LogP contribution in [0, 0.1) is 18.2 Å². The second kappa shape index (κ2) is 5.49. The minimum absolute atomic E-state index is 0.0532. The maximum absolute atomic E-state index is 13.7. The number of primary sulfonamides is 1. The van der Waals surface area contributed by atoms with Crippen molar-refractivity contribution in [2.24, 2.45) is 10.6 Å². The topological polar surface area (TPSA) is 89.3 Å². The van der Waals surface area contributed by atoms with Crippen molar-refractivity contribution < 1.29 is 17.6 Å². The number of hydrogen-bond donors (Lipinski definition) is 2. The van der Waals surface area contributed by atoms with Crippen LogP contribution in [0.15, 0.2) is 17.0 Å². The molecule has 0 heterocycles. The molecule has 1 rings (SSSR count). The summed E-state index contributed by atoms with van der Waals surface area (Å²) in [7, 11) is -4.21. The van der Waals surface area contributed by atoms with Gasteiger partial charge < -0.3 is 5.32 Å². The Hall–Kier alpha value is -1.47. The number of aryl methyl sites for hydroxylation is 1. The SMILES string of the molecule is Cc1cc(C(=O)NCC(C)(C)C)cc(S(N)(=O)=O)c1F. The van der Waals surface area contributed by atoms with Gasteiger partial charge in [-0.25, -0.2) is 17.9 Å². The number of benzene rings is 1. The van der Waals surface area contributed by atoms with Crippen molar-refractivity contribution in [1.29, 1.82) is 0 Å². The van der Waals surface area contributed by atoms with Gasteiger partial charge in [-0.3, -0.25) is 4.79 Å². The summed E-state index contributed by atoms with van der Waals surface area (Å²) in [6.45, 7) is 7.62. The van der Waals surface area contributed by atoms with Crippen molar-refractivity contribution in [2.45, 2.75) is 32.6 Å². The molecule has 0 spiro atoms. The zero-order valence-electron chi connectivity index (χ0n) is 12.0. The second-order valence-electron chi connectivity index (χ2n) is 5.89. The molecule has 1 amide bonds. The molecule has 0 aromatic heterocycles. The zero-order valence-corrected chi connectivity index (χ0v) is 12.8. The molecule has 7 heteroatoms. The quantitative estimate of drug-likeness (QED) is 0.888. The molecule has 0 fully saturated rings. The van der Waals surface area contributed by atoms with Gasteiger partial charge in [0.1, 0.15) is 10.7 Å². The lowest BCUT2D eigenvalue weighted by Crippen LogP contribution is -2.32. The smallest absolute Gasteiger partial charge is 0.251 e. The van der Waals surface area contributed by atoms with E-state index in [0.717, 1.165) is 6.07 Å². The van der Waals surface area contributed by atoms with Gasteiger partial charge in [0.25, 0.3) is 5.91 Å². The first-order valence-electron chi connectivity index (χ1n) is 6.03. The highest BCUT2D eigenvalue weighted by Gasteiger charge is 2.20. The summed E-state index contributed by atoms with van der Waals surface area (Å²) >= 11 is 0. The number of carbonyl (C=O) groups excluding carboxylic acids is 1. The molecule has 0 aliphatic carbocycles. The molecular weight excluding hydrogens is 283 g/mol. The Morgan fingerprint density at radius 1 is 1.35 bits per heavy atom. The molecule has 0 aliphatic rings. The first-order valence-corrected chi connectivity index (χ1v) is 7.57. The fourth-order valence-corrected chi connectivity index (χ4v) is 2.22. The van der Waals surface area contributed by atoms with Crippen molar-refractivity contribution in [2.75, 3.05) is 6.54 Å². The van der Waals surface area contributed by atoms with Gasteiger partial charge >= 0.3 is 0 Å². The van der Waals surface area contributed by atoms with Crippen LogP contribution in [0.5, 0.6) is 0 Å². The number of amides is 1. The number of nitrogens with two attached hydrogens (primary N) is 1. The predicted octanol–water partition coefficient (Wildman–Crippen LogP) is 1.56. The molecular formula is C13H19FN2O3S. The molecule has 112 valence electrons. The summed E-state index contributed by atoms with van der Waals surface area (Å²) in [5.41, 5.74) is 0.00246. The van der Waals surface area contributed by atoms with E-state index in [2.05, 4.69) is 5.32 Å². The molecule has 0 saturated heterocycles. The molecule has 0 radical (unpaired) electrons. The van der Waals surface area contributed by atoms with E-state index in [4.69, 9.17) is 5.14 Å². The first-order chi connectivity index (χ1) is 8.92. The number of sulfonamides is 1. The third-order valence-electron chi connectivity index (χ3n) is 2.57. The van der Waals surface area contributed by atoms with E-state index in [1.54, 1.807) is 0 Å². The van der Waals surface area contributed by atoms with Gasteiger partial charge in [-0.2, -0.15) is 0 Å². The van der Waals surface area contributed by atoms with Crippen LogP contribution in [-0.2, 0) is 10.0 Å². The standard InChI is InChI=1S/C13H19FN2O3S/c1-8-5-9(12(17)16-7-13(2,3)4)6-10(11(8)14)20(15,18)19/h5-6H,7H2,1-4H3,(H,16,17)(H2,15,18,19). The van der Waals surface area contributed by atoms with Crippen LogP contribution in [0.4, 0.5) is 4.39 Å². The van der Waals surface area contributed by atoms with Crippen molar-refractivity contribution >= 4 is 15.9 Å². The zero-order chi connectivity index (χ0) is 15.7. The van der Waals surface area contributed by atoms with Crippen LogP contribution in [0.1, 0.15) is 36.7 Å². The summed E-state index contributed by atoms with van der Waals surface area (Å²) < 4.78 is 36.3. The summed E-state index contributed by atoms with van der Waals surface area (Å²) in [4.78, 5) is 11.3. The lowest BCUT2D eigenvalue weighted by Gasteiger charge is -2.19. The van der Waals surface area contributed by atoms with Gasteiger partial charge in [0.05, 0.1) is 0 Å². The van der Waals surface area contributed by atoms with Gasteiger partial charge in [-0.05, 0) is 30.0 Å². The van der Waals surface area contributed by atoms with Gasteiger partial charge in [0, 0.05) is 12.1 Å². The van der Waals surface area contributed by atoms with Crippen molar-refractivity contribution in [3.63, 3.8) is 0 Å². The number of halogens is 1. The van der Waals surface area contributed by atoms with Crippen LogP contribution in [-0.4, -0.2) is 20.9 Å². The molecule has 0 aliphatic heterocycles. The van der Waals surface area contributed by atoms with E-state index < -0.39 is 26.6 Å². The normalized spacial score (nSPS) is 12.3. The fourth-order valence-electron chi connectivity index (χ4n) is 1.52. The molecule has 1 aromatic rings. The Bertz CT molecular complexity index is 634. The number of hydrogen-bond acceptors (Lipinski definition) is 3. The average molecular weight is 302 g/mol. The Kier molecular flexibility index (Phi) is 4.55. The highest BCUT2D eigenvalue weighted by molar-refractivity contribution is 7.89. The van der Waals surface area contributed by atoms with E-state index in [-0.39, 0.29) is 16.5 Å². The van der Waals surface area contributed by atoms with E-state index >= 15 is 0 Å². The Morgan fingerprint density at radius 2 is 1.90 bits per heavy atom. The van der Waals surface area contributed by atoms with E-state index in [9.17, 15) is 17.6 Å². The minimum atomic E-state index is -4.21. The number of nitrogens with one attached hydrogen (secondary N) is 1. The lowest BCUT2D eigenvalue weighted by molar-refractivity contribution is 0.0939. The predicted molar refractivity (Wildman–Crippen MR) is 74.3 cm³/mol. The van der Waals surface area contributed by atoms with Gasteiger partial charge in [-0.15, -0.1) is 0 Å². The largest absolute Gasteiger partial charge is 0.352 e. The summed E-state index contributed by atoms with van der Waals surface area (Å²) in [6, 6.07) is 2.25. The van der Waals surface area contributed by atoms with Crippen LogP contribution in [0.3, 0.4) is 0 Å². The number of carbonyl (C=O) groups is 1. The van der Waals surface area contributed by atoms with Crippen LogP contribution < -0.4 is 10.5 Å². The highest BCUT2D eigenvalue weighted by Crippen LogP contribution is 2.19. The van der Waals surface area contributed by atoms with Crippen molar-refractivity contribution in [3.8, 4) is 0 Å². The molecule has 3 N–H and O–H groups in total. The Labute approximate surface area is 118 Å². The maximum atomic E-state index is 13.7. The van der Waals surface area contributed by atoms with Crippen molar-refractivity contribution in [1.82, 2.24) is 5.32 Å².